The lowest BCUT2D eigenvalue weighted by molar-refractivity contribution is -0.360. The van der Waals surface area contributed by atoms with Crippen LogP contribution in [-0.2, 0) is 33.2 Å². The molecule has 1 aromatic rings. The summed E-state index contributed by atoms with van der Waals surface area (Å²) in [6, 6.07) is 9.30. The highest BCUT2D eigenvalue weighted by atomic mass is 35.5. The number of carbonyl (C=O) groups excluding carboxylic acids is 1. The van der Waals surface area contributed by atoms with Crippen LogP contribution >= 0.6 is 11.6 Å². The van der Waals surface area contributed by atoms with E-state index in [1.54, 1.807) is 0 Å². The zero-order valence-corrected chi connectivity index (χ0v) is 17.7. The van der Waals surface area contributed by atoms with E-state index in [-0.39, 0.29) is 19.8 Å². The molecule has 10 nitrogen and oxygen atoms in total. The Balaban J connectivity index is 1.53. The van der Waals surface area contributed by atoms with Gasteiger partial charge in [-0.3, -0.25) is 0 Å². The second-order valence-electron chi connectivity index (χ2n) is 6.90. The fourth-order valence-corrected chi connectivity index (χ4v) is 3.45. The standard InChI is InChI=1S/C20H28ClNO9/c21-6-7-25-8-9-26-10-11-27-19-17(31-20(22)24)15(23)16-14(29-19)12-28-18(30-16)13-4-2-1-3-5-13/h1-5,14-19,23H,6-12H2,(H2,22,24)/t14-,15+,16-,17+,18?,19+/m1/s1. The Morgan fingerprint density at radius 1 is 1.10 bits per heavy atom. The third-order valence-corrected chi connectivity index (χ3v) is 4.89. The monoisotopic (exact) mass is 461 g/mol. The fourth-order valence-electron chi connectivity index (χ4n) is 3.34. The van der Waals surface area contributed by atoms with Gasteiger partial charge in [0, 0.05) is 11.4 Å². The predicted octanol–water partition coefficient (Wildman–Crippen LogP) is 0.939. The van der Waals surface area contributed by atoms with Crippen molar-refractivity contribution in [3.63, 3.8) is 0 Å². The molecule has 0 aromatic heterocycles. The Bertz CT molecular complexity index is 667. The van der Waals surface area contributed by atoms with Crippen molar-refractivity contribution in [2.75, 3.05) is 45.5 Å². The Morgan fingerprint density at radius 3 is 2.52 bits per heavy atom. The molecule has 0 aliphatic carbocycles. The van der Waals surface area contributed by atoms with Crippen LogP contribution in [0.15, 0.2) is 30.3 Å². The number of halogens is 1. The van der Waals surface area contributed by atoms with Gasteiger partial charge < -0.3 is 44.0 Å². The summed E-state index contributed by atoms with van der Waals surface area (Å²) in [6.45, 7) is 1.80. The fraction of sp³-hybridized carbons (Fsp3) is 0.650. The van der Waals surface area contributed by atoms with Crippen molar-refractivity contribution in [2.24, 2.45) is 5.73 Å². The molecule has 0 bridgehead atoms. The molecule has 11 heteroatoms. The summed E-state index contributed by atoms with van der Waals surface area (Å²) in [4.78, 5) is 11.4. The smallest absolute Gasteiger partial charge is 0.405 e. The van der Waals surface area contributed by atoms with Crippen LogP contribution in [0.3, 0.4) is 0 Å². The number of primary amides is 1. The minimum Gasteiger partial charge on any atom is -0.438 e. The Labute approximate surface area is 185 Å². The molecule has 0 saturated carbocycles. The number of carbonyl (C=O) groups is 1. The first kappa shape index (κ1) is 24.1. The van der Waals surface area contributed by atoms with E-state index in [1.165, 1.54) is 0 Å². The zero-order valence-electron chi connectivity index (χ0n) is 17.0. The van der Waals surface area contributed by atoms with Crippen LogP contribution in [0.1, 0.15) is 11.9 Å². The lowest BCUT2D eigenvalue weighted by Crippen LogP contribution is -2.63. The average Bonchev–Trinajstić information content (AvgIpc) is 2.78. The summed E-state index contributed by atoms with van der Waals surface area (Å²) in [6.07, 6.45) is -6.59. The van der Waals surface area contributed by atoms with E-state index in [4.69, 9.17) is 50.5 Å². The van der Waals surface area contributed by atoms with E-state index in [0.717, 1.165) is 5.56 Å². The first-order chi connectivity index (χ1) is 15.1. The molecule has 2 aliphatic heterocycles. The van der Waals surface area contributed by atoms with Crippen LogP contribution in [0.25, 0.3) is 0 Å². The van der Waals surface area contributed by atoms with Gasteiger partial charge in [-0.2, -0.15) is 0 Å². The van der Waals surface area contributed by atoms with E-state index < -0.39 is 43.1 Å². The van der Waals surface area contributed by atoms with Crippen molar-refractivity contribution < 1.29 is 43.1 Å². The molecule has 174 valence electrons. The van der Waals surface area contributed by atoms with Crippen LogP contribution in [0.4, 0.5) is 4.79 Å². The molecule has 0 spiro atoms. The summed E-state index contributed by atoms with van der Waals surface area (Å²) < 4.78 is 38.8. The summed E-state index contributed by atoms with van der Waals surface area (Å²) >= 11 is 5.52. The number of aliphatic hydroxyl groups is 1. The molecule has 1 unspecified atom stereocenters. The molecule has 2 heterocycles. The van der Waals surface area contributed by atoms with E-state index in [1.807, 2.05) is 30.3 Å². The van der Waals surface area contributed by atoms with Gasteiger partial charge in [0.05, 0.1) is 39.6 Å². The normalized spacial score (nSPS) is 30.5. The largest absolute Gasteiger partial charge is 0.438 e. The lowest BCUT2D eigenvalue weighted by Gasteiger charge is -2.46. The summed E-state index contributed by atoms with van der Waals surface area (Å²) in [5.41, 5.74) is 5.97. The Hall–Kier alpha value is -1.50. The topological polar surface area (TPSA) is 128 Å². The van der Waals surface area contributed by atoms with Crippen molar-refractivity contribution in [3.8, 4) is 0 Å². The van der Waals surface area contributed by atoms with Crippen molar-refractivity contribution >= 4 is 17.7 Å². The molecule has 2 aliphatic rings. The maximum Gasteiger partial charge on any atom is 0.405 e. The van der Waals surface area contributed by atoms with Crippen LogP contribution in [0.5, 0.6) is 0 Å². The number of rotatable bonds is 11. The summed E-state index contributed by atoms with van der Waals surface area (Å²) in [5.74, 6) is 0.424. The maximum atomic E-state index is 11.4. The lowest BCUT2D eigenvalue weighted by atomic mass is 9.97. The molecular formula is C20H28ClNO9. The number of nitrogens with two attached hydrogens (primary N) is 1. The molecule has 3 N–H and O–H groups in total. The van der Waals surface area contributed by atoms with Crippen LogP contribution in [-0.4, -0.2) is 87.4 Å². The van der Waals surface area contributed by atoms with Gasteiger partial charge in [0.25, 0.3) is 0 Å². The third kappa shape index (κ3) is 6.99. The first-order valence-corrected chi connectivity index (χ1v) is 10.6. The summed E-state index contributed by atoms with van der Waals surface area (Å²) in [7, 11) is 0. The molecule has 3 rings (SSSR count). The molecule has 2 saturated heterocycles. The van der Waals surface area contributed by atoms with Crippen molar-refractivity contribution in [1.29, 1.82) is 0 Å². The van der Waals surface area contributed by atoms with Crippen LogP contribution < -0.4 is 5.73 Å². The number of ether oxygens (including phenoxy) is 7. The van der Waals surface area contributed by atoms with E-state index in [0.29, 0.717) is 25.7 Å². The van der Waals surface area contributed by atoms with E-state index in [2.05, 4.69) is 0 Å². The average molecular weight is 462 g/mol. The van der Waals surface area contributed by atoms with E-state index in [9.17, 15) is 9.90 Å². The highest BCUT2D eigenvalue weighted by Gasteiger charge is 2.51. The Kier molecular flexibility index (Phi) is 9.75. The van der Waals surface area contributed by atoms with Gasteiger partial charge in [-0.1, -0.05) is 30.3 Å². The second-order valence-corrected chi connectivity index (χ2v) is 7.27. The van der Waals surface area contributed by atoms with Gasteiger partial charge in [0.2, 0.25) is 0 Å². The number of alkyl halides is 1. The quantitative estimate of drug-likeness (QED) is 0.365. The molecule has 0 radical (unpaired) electrons. The van der Waals surface area contributed by atoms with E-state index >= 15 is 0 Å². The Morgan fingerprint density at radius 2 is 1.81 bits per heavy atom. The number of benzene rings is 1. The van der Waals surface area contributed by atoms with Crippen molar-refractivity contribution in [1.82, 2.24) is 0 Å². The van der Waals surface area contributed by atoms with Crippen molar-refractivity contribution in [3.05, 3.63) is 35.9 Å². The number of hydrogen-bond acceptors (Lipinski definition) is 9. The van der Waals surface area contributed by atoms with Gasteiger partial charge in [0.15, 0.2) is 18.7 Å². The van der Waals surface area contributed by atoms with Gasteiger partial charge >= 0.3 is 6.09 Å². The van der Waals surface area contributed by atoms with Crippen molar-refractivity contribution in [2.45, 2.75) is 37.0 Å². The van der Waals surface area contributed by atoms with Gasteiger partial charge in [-0.25, -0.2) is 4.79 Å². The first-order valence-electron chi connectivity index (χ1n) is 10.0. The maximum absolute atomic E-state index is 11.4. The zero-order chi connectivity index (χ0) is 22.1. The predicted molar refractivity (Wildman–Crippen MR) is 107 cm³/mol. The van der Waals surface area contributed by atoms with Crippen LogP contribution in [0, 0.1) is 0 Å². The number of amides is 1. The third-order valence-electron chi connectivity index (χ3n) is 4.74. The highest BCUT2D eigenvalue weighted by molar-refractivity contribution is 6.17. The number of fused-ring (bicyclic) bond motifs is 1. The molecule has 1 aromatic carbocycles. The van der Waals surface area contributed by atoms with Gasteiger partial charge in [-0.15, -0.1) is 11.6 Å². The number of aliphatic hydroxyl groups excluding tert-OH is 1. The SMILES string of the molecule is NC(=O)O[C@@H]1[C@@H](OCCOCCOCCCl)O[C@@H]2COC(c3ccccc3)O[C@H]2[C@@H]1O. The number of hydrogen-bond donors (Lipinski definition) is 2. The minimum absolute atomic E-state index is 0.136. The molecule has 31 heavy (non-hydrogen) atoms. The molecule has 2 fully saturated rings. The molecular weight excluding hydrogens is 434 g/mol. The minimum atomic E-state index is -1.23. The second kappa shape index (κ2) is 12.5. The summed E-state index contributed by atoms with van der Waals surface area (Å²) in [5, 5.41) is 10.8. The van der Waals surface area contributed by atoms with Crippen LogP contribution in [0.2, 0.25) is 0 Å². The van der Waals surface area contributed by atoms with Gasteiger partial charge in [0.1, 0.15) is 18.3 Å². The highest BCUT2D eigenvalue weighted by Crippen LogP contribution is 2.35. The molecule has 6 atom stereocenters. The van der Waals surface area contributed by atoms with Gasteiger partial charge in [-0.05, 0) is 0 Å². The molecule has 1 amide bonds.